The number of benzene rings is 3. The molecule has 0 N–H and O–H groups in total. The first-order chi connectivity index (χ1) is 12.7. The number of rotatable bonds is 6. The largest absolute Gasteiger partial charge is 0.494 e. The highest BCUT2D eigenvalue weighted by Gasteiger charge is 2.08. The van der Waals surface area contributed by atoms with E-state index in [1.54, 1.807) is 42.6 Å². The minimum Gasteiger partial charge on any atom is -0.494 e. The second-order valence-electron chi connectivity index (χ2n) is 5.51. The first-order valence-electron chi connectivity index (χ1n) is 8.39. The molecular weight excluding hydrogens is 326 g/mol. The van der Waals surface area contributed by atoms with Gasteiger partial charge in [-0.1, -0.05) is 18.2 Å². The van der Waals surface area contributed by atoms with E-state index in [0.29, 0.717) is 17.9 Å². The first-order valence-corrected chi connectivity index (χ1v) is 8.39. The van der Waals surface area contributed by atoms with E-state index < -0.39 is 5.97 Å². The molecule has 0 fully saturated rings. The Bertz CT molecular complexity index is 870. The minimum absolute atomic E-state index is 0.404. The molecule has 0 spiro atoms. The number of nitrogens with zero attached hydrogens (tertiary/aromatic N) is 1. The van der Waals surface area contributed by atoms with E-state index in [-0.39, 0.29) is 0 Å². The van der Waals surface area contributed by atoms with Gasteiger partial charge in [0.15, 0.2) is 0 Å². The molecule has 130 valence electrons. The number of carbonyl (C=O) groups excluding carboxylic acids is 1. The number of aliphatic imine (C=N–C) groups is 1. The molecule has 0 saturated heterocycles. The summed E-state index contributed by atoms with van der Waals surface area (Å²) < 4.78 is 10.8. The van der Waals surface area contributed by atoms with Crippen molar-refractivity contribution in [1.82, 2.24) is 0 Å². The molecule has 3 aromatic carbocycles. The van der Waals surface area contributed by atoms with Crippen LogP contribution in [0.3, 0.4) is 0 Å². The SMILES string of the molecule is CCOc1ccc(C(=O)Oc2ccc(C=Nc3ccccc3)cc2)cc1. The third-order valence-corrected chi connectivity index (χ3v) is 3.61. The van der Waals surface area contributed by atoms with Gasteiger partial charge in [-0.05, 0) is 73.2 Å². The number of carbonyl (C=O) groups is 1. The zero-order valence-electron chi connectivity index (χ0n) is 14.5. The molecule has 26 heavy (non-hydrogen) atoms. The summed E-state index contributed by atoms with van der Waals surface area (Å²) in [5.41, 5.74) is 2.29. The molecule has 0 amide bonds. The molecule has 4 nitrogen and oxygen atoms in total. The van der Waals surface area contributed by atoms with Crippen LogP contribution in [-0.4, -0.2) is 18.8 Å². The summed E-state index contributed by atoms with van der Waals surface area (Å²) in [7, 11) is 0. The van der Waals surface area contributed by atoms with E-state index in [4.69, 9.17) is 9.47 Å². The van der Waals surface area contributed by atoms with Crippen LogP contribution in [0, 0.1) is 0 Å². The van der Waals surface area contributed by atoms with Crippen LogP contribution in [0.2, 0.25) is 0 Å². The Morgan fingerprint density at radius 3 is 2.19 bits per heavy atom. The lowest BCUT2D eigenvalue weighted by Crippen LogP contribution is -2.08. The van der Waals surface area contributed by atoms with Crippen molar-refractivity contribution in [2.24, 2.45) is 4.99 Å². The monoisotopic (exact) mass is 345 g/mol. The quantitative estimate of drug-likeness (QED) is 0.357. The molecule has 0 aliphatic carbocycles. The van der Waals surface area contributed by atoms with E-state index in [0.717, 1.165) is 17.0 Å². The van der Waals surface area contributed by atoms with Gasteiger partial charge >= 0.3 is 5.97 Å². The van der Waals surface area contributed by atoms with E-state index in [9.17, 15) is 4.79 Å². The Morgan fingerprint density at radius 1 is 0.885 bits per heavy atom. The lowest BCUT2D eigenvalue weighted by molar-refractivity contribution is 0.0734. The molecule has 0 bridgehead atoms. The standard InChI is InChI=1S/C22H19NO3/c1-2-25-20-14-10-18(11-15-20)22(24)26-21-12-8-17(9-13-21)16-23-19-6-4-3-5-7-19/h3-16H,2H2,1H3. The fourth-order valence-electron chi connectivity index (χ4n) is 2.30. The van der Waals surface area contributed by atoms with E-state index >= 15 is 0 Å². The summed E-state index contributed by atoms with van der Waals surface area (Å²) in [6.07, 6.45) is 1.77. The maximum Gasteiger partial charge on any atom is 0.343 e. The zero-order chi connectivity index (χ0) is 18.2. The van der Waals surface area contributed by atoms with Gasteiger partial charge < -0.3 is 9.47 Å². The van der Waals surface area contributed by atoms with Gasteiger partial charge in [-0.2, -0.15) is 0 Å². The summed E-state index contributed by atoms with van der Waals surface area (Å²) in [4.78, 5) is 16.6. The van der Waals surface area contributed by atoms with Crippen molar-refractivity contribution in [2.75, 3.05) is 6.61 Å². The van der Waals surface area contributed by atoms with Crippen LogP contribution in [0.1, 0.15) is 22.8 Å². The topological polar surface area (TPSA) is 47.9 Å². The van der Waals surface area contributed by atoms with Crippen molar-refractivity contribution in [3.05, 3.63) is 90.0 Å². The van der Waals surface area contributed by atoms with Crippen molar-refractivity contribution in [3.8, 4) is 11.5 Å². The maximum atomic E-state index is 12.2. The van der Waals surface area contributed by atoms with Crippen molar-refractivity contribution in [1.29, 1.82) is 0 Å². The molecule has 3 rings (SSSR count). The van der Waals surface area contributed by atoms with Gasteiger partial charge in [0, 0.05) is 6.21 Å². The molecular formula is C22H19NO3. The second kappa shape index (κ2) is 8.62. The van der Waals surface area contributed by atoms with Crippen molar-refractivity contribution in [2.45, 2.75) is 6.92 Å². The molecule has 4 heteroatoms. The highest BCUT2D eigenvalue weighted by Crippen LogP contribution is 2.17. The van der Waals surface area contributed by atoms with Gasteiger partial charge in [0.05, 0.1) is 17.9 Å². The molecule has 0 aliphatic rings. The summed E-state index contributed by atoms with van der Waals surface area (Å²) in [6.45, 7) is 2.50. The smallest absolute Gasteiger partial charge is 0.343 e. The summed E-state index contributed by atoms with van der Waals surface area (Å²) >= 11 is 0. The predicted molar refractivity (Wildman–Crippen MR) is 103 cm³/mol. The van der Waals surface area contributed by atoms with Crippen LogP contribution < -0.4 is 9.47 Å². The van der Waals surface area contributed by atoms with Crippen LogP contribution in [0.4, 0.5) is 5.69 Å². The Balaban J connectivity index is 1.61. The molecule has 0 heterocycles. The summed E-state index contributed by atoms with van der Waals surface area (Å²) in [6, 6.07) is 23.8. The number of esters is 1. The number of para-hydroxylation sites is 1. The van der Waals surface area contributed by atoms with Crippen LogP contribution >= 0.6 is 0 Å². The average Bonchev–Trinajstić information content (AvgIpc) is 2.69. The van der Waals surface area contributed by atoms with E-state index in [1.165, 1.54) is 0 Å². The lowest BCUT2D eigenvalue weighted by Gasteiger charge is -2.06. The molecule has 0 atom stereocenters. The highest BCUT2D eigenvalue weighted by atomic mass is 16.5. The second-order valence-corrected chi connectivity index (χ2v) is 5.51. The first kappa shape index (κ1) is 17.4. The van der Waals surface area contributed by atoms with Crippen LogP contribution in [-0.2, 0) is 0 Å². The average molecular weight is 345 g/mol. The summed E-state index contributed by atoms with van der Waals surface area (Å²) in [5.74, 6) is 0.811. The van der Waals surface area contributed by atoms with Crippen LogP contribution in [0.25, 0.3) is 0 Å². The highest BCUT2D eigenvalue weighted by molar-refractivity contribution is 5.91. The Morgan fingerprint density at radius 2 is 1.54 bits per heavy atom. The summed E-state index contributed by atoms with van der Waals surface area (Å²) in [5, 5.41) is 0. The molecule has 3 aromatic rings. The molecule has 0 radical (unpaired) electrons. The van der Waals surface area contributed by atoms with Crippen molar-refractivity contribution in [3.63, 3.8) is 0 Å². The molecule has 0 aliphatic heterocycles. The Hall–Kier alpha value is -3.40. The van der Waals surface area contributed by atoms with Crippen LogP contribution in [0.5, 0.6) is 11.5 Å². The zero-order valence-corrected chi connectivity index (χ0v) is 14.5. The van der Waals surface area contributed by atoms with Gasteiger partial charge in [-0.25, -0.2) is 4.79 Å². The molecule has 0 saturated carbocycles. The minimum atomic E-state index is -0.404. The lowest BCUT2D eigenvalue weighted by atomic mass is 10.2. The van der Waals surface area contributed by atoms with Gasteiger partial charge in [0.25, 0.3) is 0 Å². The van der Waals surface area contributed by atoms with Gasteiger partial charge in [-0.3, -0.25) is 4.99 Å². The molecule has 0 aromatic heterocycles. The normalized spacial score (nSPS) is 10.7. The van der Waals surface area contributed by atoms with Gasteiger partial charge in [0.2, 0.25) is 0 Å². The predicted octanol–water partition coefficient (Wildman–Crippen LogP) is 5.06. The number of hydrogen-bond donors (Lipinski definition) is 0. The van der Waals surface area contributed by atoms with Gasteiger partial charge in [0.1, 0.15) is 11.5 Å². The van der Waals surface area contributed by atoms with E-state index in [2.05, 4.69) is 4.99 Å². The number of ether oxygens (including phenoxy) is 2. The third kappa shape index (κ3) is 4.80. The number of hydrogen-bond acceptors (Lipinski definition) is 4. The maximum absolute atomic E-state index is 12.2. The van der Waals surface area contributed by atoms with Crippen LogP contribution in [0.15, 0.2) is 83.9 Å². The fraction of sp³-hybridized carbons (Fsp3) is 0.0909. The van der Waals surface area contributed by atoms with Crippen molar-refractivity contribution >= 4 is 17.9 Å². The van der Waals surface area contributed by atoms with Crippen molar-refractivity contribution < 1.29 is 14.3 Å². The fourth-order valence-corrected chi connectivity index (χ4v) is 2.30. The third-order valence-electron chi connectivity index (χ3n) is 3.61. The van der Waals surface area contributed by atoms with E-state index in [1.807, 2.05) is 49.4 Å². The Kier molecular flexibility index (Phi) is 5.78. The Labute approximate surface area is 152 Å². The molecule has 0 unspecified atom stereocenters. The van der Waals surface area contributed by atoms with Gasteiger partial charge in [-0.15, -0.1) is 0 Å².